The highest BCUT2D eigenvalue weighted by atomic mass is 32.2. The Labute approximate surface area is 114 Å². The van der Waals surface area contributed by atoms with Gasteiger partial charge in [-0.2, -0.15) is 17.4 Å². The molecule has 0 aliphatic heterocycles. The third-order valence-corrected chi connectivity index (χ3v) is 4.99. The smallest absolute Gasteiger partial charge is 0.306 e. The first-order valence-electron chi connectivity index (χ1n) is 6.41. The molecule has 0 aromatic heterocycles. The quantitative estimate of drug-likeness (QED) is 0.648. The second-order valence-corrected chi connectivity index (χ2v) is 6.69. The van der Waals surface area contributed by atoms with E-state index in [1.165, 1.54) is 14.2 Å². The molecule has 0 saturated heterocycles. The summed E-state index contributed by atoms with van der Waals surface area (Å²) in [5.74, 6) is -0.425. The number of hydrogen-bond donors (Lipinski definition) is 2. The number of nitrogens with one attached hydrogen (secondary N) is 1. The Kier molecular flexibility index (Phi) is 6.18. The molecule has 0 amide bonds. The number of carbonyl (C=O) groups excluding carboxylic acids is 1. The molecule has 0 atom stereocenters. The summed E-state index contributed by atoms with van der Waals surface area (Å²) in [6, 6.07) is 0.114. The van der Waals surface area contributed by atoms with Crippen molar-refractivity contribution in [2.75, 3.05) is 20.7 Å². The van der Waals surface area contributed by atoms with E-state index >= 15 is 0 Å². The molecule has 0 heterocycles. The molecule has 112 valence electrons. The minimum atomic E-state index is -3.55. The molecule has 1 fully saturated rings. The van der Waals surface area contributed by atoms with Crippen molar-refractivity contribution in [1.82, 2.24) is 9.03 Å². The van der Waals surface area contributed by atoms with E-state index in [1.807, 2.05) is 0 Å². The van der Waals surface area contributed by atoms with E-state index in [2.05, 4.69) is 9.46 Å². The van der Waals surface area contributed by atoms with Crippen LogP contribution in [0, 0.1) is 0 Å². The fourth-order valence-corrected chi connectivity index (χ4v) is 3.18. The van der Waals surface area contributed by atoms with Gasteiger partial charge in [0.05, 0.1) is 13.5 Å². The summed E-state index contributed by atoms with van der Waals surface area (Å²) < 4.78 is 32.3. The van der Waals surface area contributed by atoms with Crippen LogP contribution in [0.1, 0.15) is 32.1 Å². The highest BCUT2D eigenvalue weighted by molar-refractivity contribution is 7.87. The maximum Gasteiger partial charge on any atom is 0.306 e. The molecule has 1 saturated carbocycles. The SMILES string of the molecule is COC(=O)CCN(C)S(=O)(=O)NC1CCC(N)CC1. The molecule has 1 aliphatic rings. The zero-order valence-electron chi connectivity index (χ0n) is 11.5. The fraction of sp³-hybridized carbons (Fsp3) is 0.909. The number of rotatable bonds is 6. The van der Waals surface area contributed by atoms with Gasteiger partial charge in [-0.3, -0.25) is 4.79 Å². The van der Waals surface area contributed by atoms with Gasteiger partial charge in [0.1, 0.15) is 0 Å². The molecule has 0 aromatic carbocycles. The van der Waals surface area contributed by atoms with Crippen molar-refractivity contribution in [2.24, 2.45) is 5.73 Å². The van der Waals surface area contributed by atoms with Crippen LogP contribution in [0.2, 0.25) is 0 Å². The molecule has 8 heteroatoms. The summed E-state index contributed by atoms with van der Waals surface area (Å²) in [5, 5.41) is 0. The lowest BCUT2D eigenvalue weighted by Gasteiger charge is -2.28. The molecule has 0 bridgehead atoms. The Hall–Kier alpha value is -0.700. The number of hydrogen-bond acceptors (Lipinski definition) is 5. The summed E-state index contributed by atoms with van der Waals surface area (Å²) in [4.78, 5) is 11.0. The van der Waals surface area contributed by atoms with Crippen LogP contribution in [0.5, 0.6) is 0 Å². The van der Waals surface area contributed by atoms with Crippen molar-refractivity contribution < 1.29 is 17.9 Å². The summed E-state index contributed by atoms with van der Waals surface area (Å²) in [6.45, 7) is 0.105. The van der Waals surface area contributed by atoms with Gasteiger partial charge >= 0.3 is 5.97 Å². The van der Waals surface area contributed by atoms with Crippen molar-refractivity contribution in [3.05, 3.63) is 0 Å². The van der Waals surface area contributed by atoms with Gasteiger partial charge in [0.25, 0.3) is 10.2 Å². The molecule has 19 heavy (non-hydrogen) atoms. The summed E-state index contributed by atoms with van der Waals surface area (Å²) in [5.41, 5.74) is 5.78. The first-order valence-corrected chi connectivity index (χ1v) is 7.85. The summed E-state index contributed by atoms with van der Waals surface area (Å²) >= 11 is 0. The van der Waals surface area contributed by atoms with Crippen molar-refractivity contribution in [3.8, 4) is 0 Å². The van der Waals surface area contributed by atoms with E-state index in [4.69, 9.17) is 5.73 Å². The first kappa shape index (κ1) is 16.4. The van der Waals surface area contributed by atoms with Crippen LogP contribution in [0.25, 0.3) is 0 Å². The lowest BCUT2D eigenvalue weighted by Crippen LogP contribution is -2.46. The van der Waals surface area contributed by atoms with Crippen molar-refractivity contribution in [2.45, 2.75) is 44.2 Å². The average Bonchev–Trinajstić information content (AvgIpc) is 2.37. The van der Waals surface area contributed by atoms with Crippen LogP contribution in [-0.4, -0.2) is 51.5 Å². The van der Waals surface area contributed by atoms with Gasteiger partial charge in [-0.25, -0.2) is 0 Å². The minimum Gasteiger partial charge on any atom is -0.469 e. The molecule has 7 nitrogen and oxygen atoms in total. The molecular weight excluding hydrogens is 270 g/mol. The van der Waals surface area contributed by atoms with E-state index in [0.29, 0.717) is 0 Å². The Morgan fingerprint density at radius 3 is 2.47 bits per heavy atom. The number of methoxy groups -OCH3 is 1. The van der Waals surface area contributed by atoms with Crippen LogP contribution in [-0.2, 0) is 19.7 Å². The van der Waals surface area contributed by atoms with Gasteiger partial charge < -0.3 is 10.5 Å². The van der Waals surface area contributed by atoms with Crippen molar-refractivity contribution in [3.63, 3.8) is 0 Å². The summed E-state index contributed by atoms with van der Waals surface area (Å²) in [7, 11) is -0.824. The van der Waals surface area contributed by atoms with E-state index in [1.54, 1.807) is 0 Å². The molecule has 0 radical (unpaired) electrons. The molecule has 0 unspecified atom stereocenters. The topological polar surface area (TPSA) is 102 Å². The lowest BCUT2D eigenvalue weighted by atomic mass is 9.93. The summed E-state index contributed by atoms with van der Waals surface area (Å²) in [6.07, 6.45) is 3.22. The fourth-order valence-electron chi connectivity index (χ4n) is 2.01. The minimum absolute atomic E-state index is 0.0451. The number of ether oxygens (including phenoxy) is 1. The lowest BCUT2D eigenvalue weighted by molar-refractivity contribution is -0.140. The molecule has 0 aromatic rings. The van der Waals surface area contributed by atoms with Gasteiger partial charge in [-0.1, -0.05) is 0 Å². The van der Waals surface area contributed by atoms with Gasteiger partial charge in [0, 0.05) is 25.7 Å². The van der Waals surface area contributed by atoms with E-state index in [0.717, 1.165) is 30.0 Å². The van der Waals surface area contributed by atoms with Gasteiger partial charge in [-0.15, -0.1) is 0 Å². The predicted octanol–water partition coefficient (Wildman–Crippen LogP) is -0.414. The van der Waals surface area contributed by atoms with Crippen LogP contribution in [0.15, 0.2) is 0 Å². The Balaban J connectivity index is 2.44. The molecule has 3 N–H and O–H groups in total. The zero-order chi connectivity index (χ0) is 14.5. The predicted molar refractivity (Wildman–Crippen MR) is 71.5 cm³/mol. The van der Waals surface area contributed by atoms with Crippen molar-refractivity contribution in [1.29, 1.82) is 0 Å². The van der Waals surface area contributed by atoms with Gasteiger partial charge in [0.15, 0.2) is 0 Å². The third-order valence-electron chi connectivity index (χ3n) is 3.36. The third kappa shape index (κ3) is 5.43. The number of nitrogens with zero attached hydrogens (tertiary/aromatic N) is 1. The second-order valence-electron chi connectivity index (χ2n) is 4.88. The van der Waals surface area contributed by atoms with Crippen LogP contribution in [0.4, 0.5) is 0 Å². The zero-order valence-corrected chi connectivity index (χ0v) is 12.3. The first-order chi connectivity index (χ1) is 8.85. The van der Waals surface area contributed by atoms with Gasteiger partial charge in [0.2, 0.25) is 0 Å². The number of esters is 1. The molecular formula is C11H23N3O4S. The maximum atomic E-state index is 12.0. The van der Waals surface area contributed by atoms with Crippen molar-refractivity contribution >= 4 is 16.2 Å². The number of carbonyl (C=O) groups is 1. The normalized spacial score (nSPS) is 24.4. The average molecular weight is 293 g/mol. The monoisotopic (exact) mass is 293 g/mol. The highest BCUT2D eigenvalue weighted by Gasteiger charge is 2.25. The Morgan fingerprint density at radius 1 is 1.37 bits per heavy atom. The van der Waals surface area contributed by atoms with Crippen LogP contribution >= 0.6 is 0 Å². The Morgan fingerprint density at radius 2 is 1.95 bits per heavy atom. The largest absolute Gasteiger partial charge is 0.469 e. The maximum absolute atomic E-state index is 12.0. The van der Waals surface area contributed by atoms with Gasteiger partial charge in [-0.05, 0) is 25.7 Å². The van der Waals surface area contributed by atoms with Crippen LogP contribution in [0.3, 0.4) is 0 Å². The second kappa shape index (κ2) is 7.18. The highest BCUT2D eigenvalue weighted by Crippen LogP contribution is 2.18. The standard InChI is InChI=1S/C11H23N3O4S/c1-14(8-7-11(15)18-2)19(16,17)13-10-5-3-9(12)4-6-10/h9-10,13H,3-8,12H2,1-2H3. The van der Waals surface area contributed by atoms with Crippen LogP contribution < -0.4 is 10.5 Å². The van der Waals surface area contributed by atoms with E-state index in [9.17, 15) is 13.2 Å². The van der Waals surface area contributed by atoms with E-state index < -0.39 is 16.2 Å². The molecule has 1 rings (SSSR count). The molecule has 0 spiro atoms. The molecule has 1 aliphatic carbocycles. The Bertz CT molecular complexity index is 391. The number of nitrogens with two attached hydrogens (primary N) is 1. The van der Waals surface area contributed by atoms with E-state index in [-0.39, 0.29) is 25.0 Å².